The number of hydrogen-bond donors (Lipinski definition) is 3. The van der Waals surface area contributed by atoms with Crippen molar-refractivity contribution in [2.75, 3.05) is 19.5 Å². The molecule has 9 heteroatoms. The summed E-state index contributed by atoms with van der Waals surface area (Å²) < 4.78 is 9.34. The summed E-state index contributed by atoms with van der Waals surface area (Å²) in [6, 6.07) is 11.3. The molecule has 0 aromatic heterocycles. The van der Waals surface area contributed by atoms with Crippen LogP contribution < -0.4 is 5.32 Å². The molecule has 2 rings (SSSR count). The lowest BCUT2D eigenvalue weighted by Crippen LogP contribution is -2.15. The Balaban J connectivity index is 2.34. The maximum absolute atomic E-state index is 12.7. The number of ether oxygens (including phenoxy) is 2. The Morgan fingerprint density at radius 1 is 0.939 bits per heavy atom. The number of aliphatic hydroxyl groups is 2. The van der Waals surface area contributed by atoms with Crippen LogP contribution in [0.25, 0.3) is 6.08 Å². The van der Waals surface area contributed by atoms with Crippen LogP contribution in [0.2, 0.25) is 0 Å². The highest BCUT2D eigenvalue weighted by Gasteiger charge is 2.14. The summed E-state index contributed by atoms with van der Waals surface area (Å²) in [4.78, 5) is 36.1. The van der Waals surface area contributed by atoms with E-state index < -0.39 is 17.8 Å². The molecule has 2 aromatic carbocycles. The van der Waals surface area contributed by atoms with Gasteiger partial charge in [0.05, 0.1) is 40.3 Å². The number of anilines is 1. The highest BCUT2D eigenvalue weighted by molar-refractivity contribution is 6.09. The van der Waals surface area contributed by atoms with Crippen LogP contribution >= 0.6 is 0 Å². The number of nitrogens with zero attached hydrogens (tertiary/aromatic N) is 1. The van der Waals surface area contributed by atoms with E-state index in [0.717, 1.165) is 0 Å². The largest absolute Gasteiger partial charge is 0.469 e. The second kappa shape index (κ2) is 12.1. The number of rotatable bonds is 9. The Bertz CT molecular complexity index is 1080. The molecular weight excluding hydrogens is 428 g/mol. The van der Waals surface area contributed by atoms with E-state index in [1.165, 1.54) is 20.3 Å². The maximum Gasteiger partial charge on any atom is 0.309 e. The van der Waals surface area contributed by atoms with Gasteiger partial charge < -0.3 is 25.0 Å². The summed E-state index contributed by atoms with van der Waals surface area (Å²) in [7, 11) is 2.51. The Morgan fingerprint density at radius 3 is 2.00 bits per heavy atom. The van der Waals surface area contributed by atoms with Crippen molar-refractivity contribution in [2.24, 2.45) is 0 Å². The Labute approximate surface area is 190 Å². The predicted octanol–water partition coefficient (Wildman–Crippen LogP) is 1.65. The van der Waals surface area contributed by atoms with E-state index in [0.29, 0.717) is 27.8 Å². The standard InChI is InChI=1S/C24H24N2O7/c1-32-22(29)10-16-5-17(11-23(30)33-2)9-21(8-16)26-24(31)19(12-25)6-15-3-4-18(13-27)20(7-15)14-28/h3-9,27-28H,10-11,13-14H2,1-2H3,(H,26,31). The van der Waals surface area contributed by atoms with Crippen LogP contribution in [0.4, 0.5) is 5.69 Å². The first-order valence-corrected chi connectivity index (χ1v) is 9.86. The molecule has 0 heterocycles. The lowest BCUT2D eigenvalue weighted by Gasteiger charge is -2.11. The van der Waals surface area contributed by atoms with Crippen molar-refractivity contribution in [1.82, 2.24) is 0 Å². The minimum Gasteiger partial charge on any atom is -0.469 e. The molecule has 2 aromatic rings. The Morgan fingerprint density at radius 2 is 1.52 bits per heavy atom. The van der Waals surface area contributed by atoms with Gasteiger partial charge in [0.2, 0.25) is 0 Å². The fraction of sp³-hybridized carbons (Fsp3) is 0.250. The minimum atomic E-state index is -0.700. The second-order valence-corrected chi connectivity index (χ2v) is 7.01. The van der Waals surface area contributed by atoms with Gasteiger partial charge in [-0.25, -0.2) is 0 Å². The first kappa shape index (κ1) is 25.3. The van der Waals surface area contributed by atoms with Gasteiger partial charge in [-0.3, -0.25) is 14.4 Å². The molecule has 0 aliphatic rings. The molecule has 0 unspecified atom stereocenters. The molecule has 0 aliphatic carbocycles. The quantitative estimate of drug-likeness (QED) is 0.296. The molecule has 0 radical (unpaired) electrons. The summed E-state index contributed by atoms with van der Waals surface area (Å²) >= 11 is 0. The highest BCUT2D eigenvalue weighted by atomic mass is 16.5. The monoisotopic (exact) mass is 452 g/mol. The number of nitrogens with one attached hydrogen (secondary N) is 1. The molecule has 33 heavy (non-hydrogen) atoms. The average molecular weight is 452 g/mol. The lowest BCUT2D eigenvalue weighted by atomic mass is 10.0. The summed E-state index contributed by atoms with van der Waals surface area (Å²) in [6.07, 6.45) is 1.20. The van der Waals surface area contributed by atoms with Gasteiger partial charge >= 0.3 is 11.9 Å². The van der Waals surface area contributed by atoms with E-state index in [4.69, 9.17) is 0 Å². The van der Waals surface area contributed by atoms with Crippen molar-refractivity contribution in [3.8, 4) is 6.07 Å². The van der Waals surface area contributed by atoms with Crippen molar-refractivity contribution in [3.05, 3.63) is 69.8 Å². The lowest BCUT2D eigenvalue weighted by molar-refractivity contribution is -0.140. The van der Waals surface area contributed by atoms with Crippen molar-refractivity contribution < 1.29 is 34.1 Å². The van der Waals surface area contributed by atoms with Crippen LogP contribution in [0.15, 0.2) is 42.0 Å². The first-order valence-electron chi connectivity index (χ1n) is 9.86. The average Bonchev–Trinajstić information content (AvgIpc) is 2.81. The van der Waals surface area contributed by atoms with E-state index in [1.54, 1.807) is 36.4 Å². The highest BCUT2D eigenvalue weighted by Crippen LogP contribution is 2.19. The van der Waals surface area contributed by atoms with Crippen LogP contribution in [-0.2, 0) is 49.9 Å². The van der Waals surface area contributed by atoms with Gasteiger partial charge in [-0.1, -0.05) is 18.2 Å². The molecule has 0 aliphatic heterocycles. The second-order valence-electron chi connectivity index (χ2n) is 7.01. The Hall–Kier alpha value is -4.00. The van der Waals surface area contributed by atoms with Crippen LogP contribution in [0.5, 0.6) is 0 Å². The molecule has 0 fully saturated rings. The third-order valence-corrected chi connectivity index (χ3v) is 4.71. The summed E-state index contributed by atoms with van der Waals surface area (Å²) in [5.74, 6) is -1.69. The molecule has 3 N–H and O–H groups in total. The number of hydrogen-bond acceptors (Lipinski definition) is 8. The first-order chi connectivity index (χ1) is 15.8. The fourth-order valence-electron chi connectivity index (χ4n) is 3.07. The van der Waals surface area contributed by atoms with Gasteiger partial charge in [0, 0.05) is 5.69 Å². The molecule has 1 amide bonds. The van der Waals surface area contributed by atoms with Gasteiger partial charge in [-0.2, -0.15) is 5.26 Å². The number of aliphatic hydroxyl groups excluding tert-OH is 2. The predicted molar refractivity (Wildman–Crippen MR) is 118 cm³/mol. The molecule has 0 bridgehead atoms. The number of esters is 2. The van der Waals surface area contributed by atoms with E-state index in [-0.39, 0.29) is 37.3 Å². The number of methoxy groups -OCH3 is 2. The SMILES string of the molecule is COC(=O)Cc1cc(CC(=O)OC)cc(NC(=O)C(C#N)=Cc2ccc(CO)c(CO)c2)c1. The van der Waals surface area contributed by atoms with Gasteiger partial charge in [-0.15, -0.1) is 0 Å². The normalized spacial score (nSPS) is 10.8. The molecule has 0 atom stereocenters. The number of carbonyl (C=O) groups excluding carboxylic acids is 3. The minimum absolute atomic E-state index is 0.0729. The number of carbonyl (C=O) groups is 3. The van der Waals surface area contributed by atoms with E-state index in [9.17, 15) is 29.9 Å². The van der Waals surface area contributed by atoms with Crippen LogP contribution in [0.3, 0.4) is 0 Å². The summed E-state index contributed by atoms with van der Waals surface area (Å²) in [5.41, 5.74) is 2.61. The molecular formula is C24H24N2O7. The molecule has 172 valence electrons. The number of nitriles is 1. The topological polar surface area (TPSA) is 146 Å². The van der Waals surface area contributed by atoms with Crippen LogP contribution in [0, 0.1) is 11.3 Å². The van der Waals surface area contributed by atoms with Crippen molar-refractivity contribution >= 4 is 29.6 Å². The zero-order chi connectivity index (χ0) is 24.4. The third kappa shape index (κ3) is 7.28. The van der Waals surface area contributed by atoms with Crippen LogP contribution in [0.1, 0.15) is 27.8 Å². The fourth-order valence-corrected chi connectivity index (χ4v) is 3.07. The van der Waals surface area contributed by atoms with E-state index in [2.05, 4.69) is 14.8 Å². The zero-order valence-corrected chi connectivity index (χ0v) is 18.3. The Kier molecular flexibility index (Phi) is 9.30. The van der Waals surface area contributed by atoms with Crippen LogP contribution in [-0.4, -0.2) is 42.3 Å². The summed E-state index contributed by atoms with van der Waals surface area (Å²) in [6.45, 7) is -0.553. The number of amides is 1. The zero-order valence-electron chi connectivity index (χ0n) is 18.3. The number of benzene rings is 2. The van der Waals surface area contributed by atoms with E-state index >= 15 is 0 Å². The van der Waals surface area contributed by atoms with Crippen molar-refractivity contribution in [2.45, 2.75) is 26.1 Å². The molecule has 0 saturated carbocycles. The summed E-state index contributed by atoms with van der Waals surface area (Å²) in [5, 5.41) is 30.8. The van der Waals surface area contributed by atoms with Gasteiger partial charge in [0.15, 0.2) is 0 Å². The van der Waals surface area contributed by atoms with Gasteiger partial charge in [-0.05, 0) is 52.1 Å². The van der Waals surface area contributed by atoms with Gasteiger partial charge in [0.1, 0.15) is 11.6 Å². The molecule has 9 nitrogen and oxygen atoms in total. The third-order valence-electron chi connectivity index (χ3n) is 4.71. The molecule has 0 saturated heterocycles. The maximum atomic E-state index is 12.7. The van der Waals surface area contributed by atoms with E-state index in [1.807, 2.05) is 6.07 Å². The van der Waals surface area contributed by atoms with Crippen molar-refractivity contribution in [1.29, 1.82) is 5.26 Å². The molecule has 0 spiro atoms. The van der Waals surface area contributed by atoms with Gasteiger partial charge in [0.25, 0.3) is 5.91 Å². The van der Waals surface area contributed by atoms with Crippen molar-refractivity contribution in [3.63, 3.8) is 0 Å². The smallest absolute Gasteiger partial charge is 0.309 e.